The molecule has 0 bridgehead atoms. The number of hydrogen-bond acceptors (Lipinski definition) is 3. The predicted octanol–water partition coefficient (Wildman–Crippen LogP) is 1.80. The molecule has 0 aromatic rings. The SMILES string of the molecule is ClCC1CC(C2CCCOC2)=NO1. The van der Waals surface area contributed by atoms with Crippen LogP contribution in [-0.2, 0) is 9.57 Å². The van der Waals surface area contributed by atoms with E-state index in [0.717, 1.165) is 31.8 Å². The van der Waals surface area contributed by atoms with Gasteiger partial charge in [0.05, 0.1) is 18.2 Å². The van der Waals surface area contributed by atoms with Gasteiger partial charge in [-0.3, -0.25) is 0 Å². The lowest BCUT2D eigenvalue weighted by Gasteiger charge is -2.20. The van der Waals surface area contributed by atoms with Crippen LogP contribution in [0.2, 0.25) is 0 Å². The highest BCUT2D eigenvalue weighted by Gasteiger charge is 2.27. The maximum atomic E-state index is 5.68. The Hall–Kier alpha value is -0.280. The minimum atomic E-state index is 0.0959. The van der Waals surface area contributed by atoms with Crippen molar-refractivity contribution in [3.05, 3.63) is 0 Å². The van der Waals surface area contributed by atoms with Crippen LogP contribution in [0.1, 0.15) is 19.3 Å². The number of alkyl halides is 1. The first-order chi connectivity index (χ1) is 6.40. The lowest BCUT2D eigenvalue weighted by atomic mass is 9.94. The van der Waals surface area contributed by atoms with Crippen LogP contribution < -0.4 is 0 Å². The van der Waals surface area contributed by atoms with Crippen LogP contribution in [0, 0.1) is 5.92 Å². The van der Waals surface area contributed by atoms with E-state index in [1.807, 2.05) is 0 Å². The molecular formula is C9H14ClNO2. The van der Waals surface area contributed by atoms with Crippen molar-refractivity contribution in [2.45, 2.75) is 25.4 Å². The molecule has 74 valence electrons. The summed E-state index contributed by atoms with van der Waals surface area (Å²) in [6.45, 7) is 1.70. The summed E-state index contributed by atoms with van der Waals surface area (Å²) >= 11 is 5.68. The molecule has 2 rings (SSSR count). The van der Waals surface area contributed by atoms with E-state index < -0.39 is 0 Å². The zero-order chi connectivity index (χ0) is 9.10. The third-order valence-corrected chi connectivity index (χ3v) is 2.90. The highest BCUT2D eigenvalue weighted by molar-refractivity contribution is 6.18. The monoisotopic (exact) mass is 203 g/mol. The van der Waals surface area contributed by atoms with Crippen LogP contribution in [0.25, 0.3) is 0 Å². The normalized spacial score (nSPS) is 34.1. The Morgan fingerprint density at radius 2 is 2.46 bits per heavy atom. The van der Waals surface area contributed by atoms with E-state index in [9.17, 15) is 0 Å². The average molecular weight is 204 g/mol. The van der Waals surface area contributed by atoms with Crippen LogP contribution in [0.15, 0.2) is 5.16 Å². The Balaban J connectivity index is 1.87. The van der Waals surface area contributed by atoms with E-state index in [1.165, 1.54) is 6.42 Å². The molecular weight excluding hydrogens is 190 g/mol. The molecule has 0 aliphatic carbocycles. The summed E-state index contributed by atoms with van der Waals surface area (Å²) in [4.78, 5) is 5.17. The van der Waals surface area contributed by atoms with E-state index in [2.05, 4.69) is 5.16 Å². The minimum Gasteiger partial charge on any atom is -0.391 e. The van der Waals surface area contributed by atoms with Gasteiger partial charge in [0.15, 0.2) is 0 Å². The molecule has 0 amide bonds. The number of nitrogens with zero attached hydrogens (tertiary/aromatic N) is 1. The van der Waals surface area contributed by atoms with Gasteiger partial charge in [-0.1, -0.05) is 5.16 Å². The molecule has 4 heteroatoms. The fraction of sp³-hybridized carbons (Fsp3) is 0.889. The standard InChI is InChI=1S/C9H14ClNO2/c10-5-8-4-9(11-13-8)7-2-1-3-12-6-7/h7-8H,1-6H2. The number of ether oxygens (including phenoxy) is 1. The van der Waals surface area contributed by atoms with Crippen molar-refractivity contribution in [3.63, 3.8) is 0 Å². The molecule has 0 spiro atoms. The van der Waals surface area contributed by atoms with E-state index in [4.69, 9.17) is 21.2 Å². The highest BCUT2D eigenvalue weighted by atomic mass is 35.5. The van der Waals surface area contributed by atoms with Gasteiger partial charge in [0.2, 0.25) is 0 Å². The van der Waals surface area contributed by atoms with Crippen molar-refractivity contribution in [1.29, 1.82) is 0 Å². The number of halogens is 1. The quantitative estimate of drug-likeness (QED) is 0.641. The molecule has 0 radical (unpaired) electrons. The molecule has 0 aromatic heterocycles. The summed E-state index contributed by atoms with van der Waals surface area (Å²) in [6, 6.07) is 0. The van der Waals surface area contributed by atoms with Crippen LogP contribution in [-0.4, -0.2) is 30.9 Å². The first-order valence-electron chi connectivity index (χ1n) is 4.76. The first kappa shape index (κ1) is 9.28. The fourth-order valence-electron chi connectivity index (χ4n) is 1.78. The molecule has 13 heavy (non-hydrogen) atoms. The molecule has 0 aromatic carbocycles. The summed E-state index contributed by atoms with van der Waals surface area (Å²) in [5.74, 6) is 1.00. The van der Waals surface area contributed by atoms with Gasteiger partial charge in [-0.05, 0) is 12.8 Å². The van der Waals surface area contributed by atoms with Crippen LogP contribution in [0.3, 0.4) is 0 Å². The second kappa shape index (κ2) is 4.29. The number of oxime groups is 1. The van der Waals surface area contributed by atoms with Crippen molar-refractivity contribution < 1.29 is 9.57 Å². The van der Waals surface area contributed by atoms with E-state index in [0.29, 0.717) is 11.8 Å². The Morgan fingerprint density at radius 1 is 1.54 bits per heavy atom. The van der Waals surface area contributed by atoms with Crippen molar-refractivity contribution in [3.8, 4) is 0 Å². The lowest BCUT2D eigenvalue weighted by molar-refractivity contribution is 0.0758. The predicted molar refractivity (Wildman–Crippen MR) is 51.2 cm³/mol. The lowest BCUT2D eigenvalue weighted by Crippen LogP contribution is -2.25. The second-order valence-corrected chi connectivity index (χ2v) is 3.89. The van der Waals surface area contributed by atoms with Gasteiger partial charge in [-0.15, -0.1) is 11.6 Å². The molecule has 2 unspecified atom stereocenters. The molecule has 1 saturated heterocycles. The third kappa shape index (κ3) is 2.15. The Labute approximate surface area is 83.0 Å². The van der Waals surface area contributed by atoms with Crippen molar-refractivity contribution in [1.82, 2.24) is 0 Å². The Bertz CT molecular complexity index is 202. The molecule has 2 aliphatic heterocycles. The molecule has 2 aliphatic rings. The van der Waals surface area contributed by atoms with Gasteiger partial charge < -0.3 is 9.57 Å². The van der Waals surface area contributed by atoms with E-state index in [-0.39, 0.29) is 6.10 Å². The minimum absolute atomic E-state index is 0.0959. The smallest absolute Gasteiger partial charge is 0.146 e. The molecule has 2 heterocycles. The van der Waals surface area contributed by atoms with E-state index >= 15 is 0 Å². The number of hydrogen-bond donors (Lipinski definition) is 0. The molecule has 1 fully saturated rings. The zero-order valence-electron chi connectivity index (χ0n) is 7.54. The number of rotatable bonds is 2. The average Bonchev–Trinajstić information content (AvgIpc) is 2.67. The maximum Gasteiger partial charge on any atom is 0.146 e. The topological polar surface area (TPSA) is 30.8 Å². The summed E-state index contributed by atoms with van der Waals surface area (Å²) in [5.41, 5.74) is 1.14. The van der Waals surface area contributed by atoms with Gasteiger partial charge in [0.1, 0.15) is 6.10 Å². The van der Waals surface area contributed by atoms with Crippen molar-refractivity contribution in [2.24, 2.45) is 11.1 Å². The summed E-state index contributed by atoms with van der Waals surface area (Å²) in [7, 11) is 0. The Morgan fingerprint density at radius 3 is 3.08 bits per heavy atom. The molecule has 3 nitrogen and oxygen atoms in total. The zero-order valence-corrected chi connectivity index (χ0v) is 8.29. The summed E-state index contributed by atoms with van der Waals surface area (Å²) in [6.07, 6.45) is 3.29. The summed E-state index contributed by atoms with van der Waals surface area (Å²) < 4.78 is 5.39. The van der Waals surface area contributed by atoms with Gasteiger partial charge in [0.25, 0.3) is 0 Å². The molecule has 2 atom stereocenters. The van der Waals surface area contributed by atoms with Crippen molar-refractivity contribution in [2.75, 3.05) is 19.1 Å². The Kier molecular flexibility index (Phi) is 3.06. The van der Waals surface area contributed by atoms with Gasteiger partial charge in [-0.2, -0.15) is 0 Å². The molecule has 0 N–H and O–H groups in total. The van der Waals surface area contributed by atoms with E-state index in [1.54, 1.807) is 0 Å². The van der Waals surface area contributed by atoms with Gasteiger partial charge in [0, 0.05) is 18.9 Å². The van der Waals surface area contributed by atoms with Gasteiger partial charge >= 0.3 is 0 Å². The largest absolute Gasteiger partial charge is 0.391 e. The maximum absolute atomic E-state index is 5.68. The fourth-order valence-corrected chi connectivity index (χ4v) is 1.94. The highest BCUT2D eigenvalue weighted by Crippen LogP contribution is 2.23. The van der Waals surface area contributed by atoms with Crippen molar-refractivity contribution >= 4 is 17.3 Å². The van der Waals surface area contributed by atoms with Crippen LogP contribution >= 0.6 is 11.6 Å². The summed E-state index contributed by atoms with van der Waals surface area (Å²) in [5, 5.41) is 4.06. The second-order valence-electron chi connectivity index (χ2n) is 3.58. The van der Waals surface area contributed by atoms with Gasteiger partial charge in [-0.25, -0.2) is 0 Å². The third-order valence-electron chi connectivity index (χ3n) is 2.56. The van der Waals surface area contributed by atoms with Crippen LogP contribution in [0.4, 0.5) is 0 Å². The van der Waals surface area contributed by atoms with Crippen LogP contribution in [0.5, 0.6) is 0 Å². The molecule has 0 saturated carbocycles. The first-order valence-corrected chi connectivity index (χ1v) is 5.30.